The van der Waals surface area contributed by atoms with E-state index in [4.69, 9.17) is 5.73 Å². The number of carboxylic acids is 1. The number of aliphatic carboxylic acids is 1. The lowest BCUT2D eigenvalue weighted by Crippen LogP contribution is -2.50. The summed E-state index contributed by atoms with van der Waals surface area (Å²) in [6, 6.07) is 4.40. The predicted octanol–water partition coefficient (Wildman–Crippen LogP) is 4.01. The fourth-order valence-corrected chi connectivity index (χ4v) is 4.01. The van der Waals surface area contributed by atoms with Gasteiger partial charge in [-0.2, -0.15) is 0 Å². The first-order valence-corrected chi connectivity index (χ1v) is 12.9. The van der Waals surface area contributed by atoms with Crippen LogP contribution < -0.4 is 11.1 Å². The van der Waals surface area contributed by atoms with E-state index in [1.807, 2.05) is 13.8 Å². The number of benzene rings is 1. The number of imide groups is 1. The van der Waals surface area contributed by atoms with Crippen molar-refractivity contribution in [1.29, 1.82) is 0 Å². The van der Waals surface area contributed by atoms with Crippen LogP contribution in [-0.2, 0) is 24.0 Å². The molecular weight excluding hydrogens is 462 g/mol. The van der Waals surface area contributed by atoms with Crippen LogP contribution in [0.1, 0.15) is 96.6 Å². The third-order valence-electron chi connectivity index (χ3n) is 6.13. The number of unbranched alkanes of at least 4 members (excludes halogenated alkanes) is 5. The molecule has 0 aliphatic rings. The lowest BCUT2D eigenvalue weighted by molar-refractivity contribution is -0.160. The normalized spacial score (nSPS) is 12.4. The zero-order valence-corrected chi connectivity index (χ0v) is 21.8. The number of amides is 3. The summed E-state index contributed by atoms with van der Waals surface area (Å²) in [7, 11) is 0. The molecule has 0 saturated carbocycles. The second kappa shape index (κ2) is 16.4. The highest BCUT2D eigenvalue weighted by atomic mass is 16.4. The van der Waals surface area contributed by atoms with E-state index in [0.29, 0.717) is 24.2 Å². The third-order valence-corrected chi connectivity index (χ3v) is 6.13. The minimum atomic E-state index is -1.62. The number of hydrogen-bond donors (Lipinski definition) is 3. The average Bonchev–Trinajstić information content (AvgIpc) is 2.85. The molecule has 3 amide bonds. The Morgan fingerprint density at radius 1 is 0.972 bits per heavy atom. The van der Waals surface area contributed by atoms with Crippen LogP contribution in [0.4, 0.5) is 5.69 Å². The van der Waals surface area contributed by atoms with Gasteiger partial charge in [-0.25, -0.2) is 4.79 Å². The predicted molar refractivity (Wildman–Crippen MR) is 138 cm³/mol. The van der Waals surface area contributed by atoms with E-state index >= 15 is 0 Å². The van der Waals surface area contributed by atoms with Crippen molar-refractivity contribution in [3.8, 4) is 0 Å². The first kappa shape index (κ1) is 30.8. The van der Waals surface area contributed by atoms with Crippen LogP contribution in [-0.4, -0.2) is 46.0 Å². The number of Topliss-reactive ketones (excluding diaryl/α,β-unsaturated/α-hetero) is 1. The van der Waals surface area contributed by atoms with Crippen molar-refractivity contribution in [1.82, 2.24) is 10.2 Å². The maximum atomic E-state index is 13.6. The summed E-state index contributed by atoms with van der Waals surface area (Å²) in [6.45, 7) is 5.15. The molecule has 0 fully saturated rings. The van der Waals surface area contributed by atoms with Gasteiger partial charge in [0.1, 0.15) is 0 Å². The Morgan fingerprint density at radius 2 is 1.64 bits per heavy atom. The summed E-state index contributed by atoms with van der Waals surface area (Å²) < 4.78 is 0. The Morgan fingerprint density at radius 3 is 2.22 bits per heavy atom. The number of carboxylic acid groups (broad SMARTS) is 1. The summed E-state index contributed by atoms with van der Waals surface area (Å²) in [5.74, 6) is -5.05. The molecule has 1 aromatic rings. The number of anilines is 1. The molecule has 0 aliphatic carbocycles. The van der Waals surface area contributed by atoms with Gasteiger partial charge in [-0.1, -0.05) is 71.4 Å². The maximum absolute atomic E-state index is 13.6. The lowest BCUT2D eigenvalue weighted by atomic mass is 9.94. The minimum Gasteiger partial charge on any atom is -0.479 e. The van der Waals surface area contributed by atoms with Crippen LogP contribution in [0.15, 0.2) is 24.3 Å². The molecule has 0 spiro atoms. The van der Waals surface area contributed by atoms with Crippen LogP contribution in [0.5, 0.6) is 0 Å². The van der Waals surface area contributed by atoms with Crippen LogP contribution in [0.3, 0.4) is 0 Å². The summed E-state index contributed by atoms with van der Waals surface area (Å²) in [6.07, 6.45) is 7.24. The molecule has 2 unspecified atom stereocenters. The second-order valence-electron chi connectivity index (χ2n) is 9.03. The Balaban J connectivity index is 3.20. The standard InChI is InChI=1S/C27H41N3O6/c1-4-7-9-10-11-13-19(6-3)26(34)30(23(32)18-29-25(33)22(31)16-8-5-2)24(27(35)36)20-14-12-15-21(28)17-20/h12,14-15,17,19,24H,4-11,13,16,18,28H2,1-3H3,(H,29,33)(H,35,36). The number of hydrogen-bond acceptors (Lipinski definition) is 6. The largest absolute Gasteiger partial charge is 0.479 e. The minimum absolute atomic E-state index is 0.0517. The molecule has 1 aromatic carbocycles. The lowest BCUT2D eigenvalue weighted by Gasteiger charge is -2.31. The van der Waals surface area contributed by atoms with Crippen molar-refractivity contribution >= 4 is 35.2 Å². The Bertz CT molecular complexity index is 901. The fraction of sp³-hybridized carbons (Fsp3) is 0.593. The Hall–Kier alpha value is -3.23. The quantitative estimate of drug-likeness (QED) is 0.165. The molecule has 0 aliphatic heterocycles. The first-order valence-electron chi connectivity index (χ1n) is 12.9. The van der Waals surface area contributed by atoms with Crippen molar-refractivity contribution < 1.29 is 29.1 Å². The monoisotopic (exact) mass is 503 g/mol. The molecule has 36 heavy (non-hydrogen) atoms. The Labute approximate surface area is 213 Å². The zero-order chi connectivity index (χ0) is 27.1. The van der Waals surface area contributed by atoms with Gasteiger partial charge in [0, 0.05) is 18.0 Å². The molecule has 2 atom stereocenters. The number of nitrogens with one attached hydrogen (secondary N) is 1. The number of carbonyl (C=O) groups excluding carboxylic acids is 4. The highest BCUT2D eigenvalue weighted by Crippen LogP contribution is 2.27. The van der Waals surface area contributed by atoms with Gasteiger partial charge in [0.2, 0.25) is 17.6 Å². The van der Waals surface area contributed by atoms with Gasteiger partial charge in [-0.05, 0) is 37.0 Å². The van der Waals surface area contributed by atoms with E-state index < -0.39 is 48.0 Å². The molecular formula is C27H41N3O6. The van der Waals surface area contributed by atoms with Crippen molar-refractivity contribution in [2.45, 2.75) is 91.0 Å². The van der Waals surface area contributed by atoms with Crippen molar-refractivity contribution in [3.63, 3.8) is 0 Å². The average molecular weight is 504 g/mol. The van der Waals surface area contributed by atoms with Gasteiger partial charge < -0.3 is 16.2 Å². The van der Waals surface area contributed by atoms with E-state index in [2.05, 4.69) is 12.2 Å². The summed E-state index contributed by atoms with van der Waals surface area (Å²) in [5.41, 5.74) is 6.30. The maximum Gasteiger partial charge on any atom is 0.331 e. The molecule has 0 aromatic heterocycles. The molecule has 1 rings (SSSR count). The zero-order valence-electron chi connectivity index (χ0n) is 21.8. The molecule has 0 saturated heterocycles. The topological polar surface area (TPSA) is 147 Å². The molecule has 4 N–H and O–H groups in total. The van der Waals surface area contributed by atoms with Crippen molar-refractivity contribution in [2.75, 3.05) is 12.3 Å². The van der Waals surface area contributed by atoms with E-state index in [-0.39, 0.29) is 17.7 Å². The van der Waals surface area contributed by atoms with Gasteiger partial charge in [0.25, 0.3) is 5.91 Å². The Kier molecular flexibility index (Phi) is 14.1. The molecule has 0 radical (unpaired) electrons. The molecule has 9 heteroatoms. The molecule has 9 nitrogen and oxygen atoms in total. The van der Waals surface area contributed by atoms with Gasteiger partial charge in [-0.3, -0.25) is 24.1 Å². The van der Waals surface area contributed by atoms with Crippen molar-refractivity contribution in [3.05, 3.63) is 29.8 Å². The van der Waals surface area contributed by atoms with Gasteiger partial charge in [0.05, 0.1) is 6.54 Å². The molecule has 0 bridgehead atoms. The summed E-state index contributed by atoms with van der Waals surface area (Å²) in [5, 5.41) is 12.3. The van der Waals surface area contributed by atoms with Crippen LogP contribution in [0.2, 0.25) is 0 Å². The van der Waals surface area contributed by atoms with Gasteiger partial charge in [-0.15, -0.1) is 0 Å². The summed E-state index contributed by atoms with van der Waals surface area (Å²) in [4.78, 5) is 64.0. The third kappa shape index (κ3) is 9.79. The van der Waals surface area contributed by atoms with E-state index in [1.165, 1.54) is 12.1 Å². The van der Waals surface area contributed by atoms with Gasteiger partial charge >= 0.3 is 5.97 Å². The SMILES string of the molecule is CCCCCCCC(CC)C(=O)N(C(=O)CNC(=O)C(=O)CCCC)C(C(=O)O)c1cccc(N)c1. The van der Waals surface area contributed by atoms with Gasteiger partial charge in [0.15, 0.2) is 6.04 Å². The van der Waals surface area contributed by atoms with Crippen molar-refractivity contribution in [2.24, 2.45) is 5.92 Å². The molecule has 200 valence electrons. The molecule has 0 heterocycles. The first-order chi connectivity index (χ1) is 17.2. The van der Waals surface area contributed by atoms with Crippen LogP contribution >= 0.6 is 0 Å². The highest BCUT2D eigenvalue weighted by molar-refractivity contribution is 6.36. The fourth-order valence-electron chi connectivity index (χ4n) is 4.01. The number of nitrogens with zero attached hydrogens (tertiary/aromatic N) is 1. The second-order valence-corrected chi connectivity index (χ2v) is 9.03. The van der Waals surface area contributed by atoms with E-state index in [1.54, 1.807) is 12.1 Å². The highest BCUT2D eigenvalue weighted by Gasteiger charge is 2.38. The number of carbonyl (C=O) groups is 5. The smallest absolute Gasteiger partial charge is 0.331 e. The number of rotatable bonds is 17. The number of ketones is 1. The summed E-state index contributed by atoms with van der Waals surface area (Å²) >= 11 is 0. The van der Waals surface area contributed by atoms with E-state index in [9.17, 15) is 29.1 Å². The van der Waals surface area contributed by atoms with Crippen LogP contribution in [0, 0.1) is 5.92 Å². The van der Waals surface area contributed by atoms with Crippen LogP contribution in [0.25, 0.3) is 0 Å². The number of nitrogen functional groups attached to an aromatic ring is 1. The number of nitrogens with two attached hydrogens (primary N) is 1. The van der Waals surface area contributed by atoms with E-state index in [0.717, 1.165) is 38.5 Å².